The number of non-ortho nitro benzene ring substituents is 1. The number of imidazole rings is 1. The lowest BCUT2D eigenvalue weighted by Crippen LogP contribution is -2.32. The third-order valence-electron chi connectivity index (χ3n) is 4.89. The van der Waals surface area contributed by atoms with Gasteiger partial charge >= 0.3 is 5.97 Å². The minimum Gasteiger partial charge on any atom is -0.449 e. The number of aromatic nitrogens is 3. The van der Waals surface area contributed by atoms with Crippen molar-refractivity contribution < 1.29 is 19.2 Å². The number of esters is 1. The SMILES string of the molecule is CCC(OC(=O)c1ccc(-c2ncc[nH]2)cc1)C(=O)Nc1nc(-c2cccc([N+](=O)[O-])c2)cs1. The van der Waals surface area contributed by atoms with Gasteiger partial charge in [-0.1, -0.05) is 31.2 Å². The normalized spacial score (nSPS) is 11.6. The highest BCUT2D eigenvalue weighted by Crippen LogP contribution is 2.27. The summed E-state index contributed by atoms with van der Waals surface area (Å²) in [4.78, 5) is 47.2. The van der Waals surface area contributed by atoms with Crippen molar-refractivity contribution in [2.45, 2.75) is 19.4 Å². The van der Waals surface area contributed by atoms with Crippen molar-refractivity contribution in [3.8, 4) is 22.6 Å². The number of hydrogen-bond acceptors (Lipinski definition) is 8. The second-order valence-electron chi connectivity index (χ2n) is 7.15. The number of nitrogens with zero attached hydrogens (tertiary/aromatic N) is 3. The van der Waals surface area contributed by atoms with Crippen molar-refractivity contribution in [2.24, 2.45) is 0 Å². The number of anilines is 1. The van der Waals surface area contributed by atoms with Crippen LogP contribution in [-0.4, -0.2) is 37.9 Å². The first-order valence-electron chi connectivity index (χ1n) is 10.3. The number of nitro groups is 1. The van der Waals surface area contributed by atoms with E-state index in [0.29, 0.717) is 27.8 Å². The fraction of sp³-hybridized carbons (Fsp3) is 0.130. The molecule has 2 N–H and O–H groups in total. The van der Waals surface area contributed by atoms with E-state index >= 15 is 0 Å². The first-order chi connectivity index (χ1) is 16.4. The molecule has 0 radical (unpaired) electrons. The highest BCUT2D eigenvalue weighted by molar-refractivity contribution is 7.14. The molecule has 1 unspecified atom stereocenters. The number of amides is 1. The molecule has 1 atom stereocenters. The number of carbonyl (C=O) groups is 2. The third kappa shape index (κ3) is 5.15. The Balaban J connectivity index is 1.40. The fourth-order valence-electron chi connectivity index (χ4n) is 3.14. The summed E-state index contributed by atoms with van der Waals surface area (Å²) in [7, 11) is 0. The number of nitrogens with one attached hydrogen (secondary N) is 2. The van der Waals surface area contributed by atoms with Gasteiger partial charge in [-0.15, -0.1) is 11.3 Å². The molecule has 0 spiro atoms. The largest absolute Gasteiger partial charge is 0.449 e. The average Bonchev–Trinajstić information content (AvgIpc) is 3.55. The van der Waals surface area contributed by atoms with E-state index in [2.05, 4.69) is 20.3 Å². The van der Waals surface area contributed by atoms with E-state index in [-0.39, 0.29) is 12.1 Å². The molecule has 0 aliphatic rings. The summed E-state index contributed by atoms with van der Waals surface area (Å²) in [6.07, 6.45) is 2.60. The van der Waals surface area contributed by atoms with Crippen LogP contribution in [0.1, 0.15) is 23.7 Å². The summed E-state index contributed by atoms with van der Waals surface area (Å²) < 4.78 is 5.41. The second-order valence-corrected chi connectivity index (χ2v) is 8.01. The molecule has 2 aromatic heterocycles. The minimum atomic E-state index is -1.01. The predicted octanol–water partition coefficient (Wildman–Crippen LogP) is 4.68. The maximum atomic E-state index is 12.7. The molecule has 0 saturated heterocycles. The summed E-state index contributed by atoms with van der Waals surface area (Å²) in [6.45, 7) is 1.73. The van der Waals surface area contributed by atoms with Crippen LogP contribution in [0.4, 0.5) is 10.8 Å². The zero-order valence-electron chi connectivity index (χ0n) is 17.9. The highest BCUT2D eigenvalue weighted by atomic mass is 32.1. The Hall–Kier alpha value is -4.38. The maximum absolute atomic E-state index is 12.7. The van der Waals surface area contributed by atoms with E-state index in [4.69, 9.17) is 4.74 Å². The molecule has 10 nitrogen and oxygen atoms in total. The highest BCUT2D eigenvalue weighted by Gasteiger charge is 2.23. The molecule has 0 aliphatic heterocycles. The van der Waals surface area contributed by atoms with Crippen LogP contribution in [0.5, 0.6) is 0 Å². The van der Waals surface area contributed by atoms with Crippen molar-refractivity contribution in [1.29, 1.82) is 0 Å². The first kappa shape index (κ1) is 22.8. The average molecular weight is 478 g/mol. The van der Waals surface area contributed by atoms with Crippen LogP contribution in [0.25, 0.3) is 22.6 Å². The Bertz CT molecular complexity index is 1320. The van der Waals surface area contributed by atoms with Crippen LogP contribution in [-0.2, 0) is 9.53 Å². The number of carbonyl (C=O) groups excluding carboxylic acids is 2. The van der Waals surface area contributed by atoms with Gasteiger partial charge in [0.15, 0.2) is 11.2 Å². The molecule has 4 aromatic rings. The van der Waals surface area contributed by atoms with Gasteiger partial charge in [0.1, 0.15) is 5.82 Å². The summed E-state index contributed by atoms with van der Waals surface area (Å²) in [5, 5.41) is 15.6. The number of benzene rings is 2. The van der Waals surface area contributed by atoms with Crippen LogP contribution < -0.4 is 5.32 Å². The van der Waals surface area contributed by atoms with Crippen molar-refractivity contribution in [3.63, 3.8) is 0 Å². The smallest absolute Gasteiger partial charge is 0.338 e. The van der Waals surface area contributed by atoms with Crippen LogP contribution in [0.3, 0.4) is 0 Å². The number of nitro benzene ring substituents is 1. The van der Waals surface area contributed by atoms with Gasteiger partial charge in [-0.05, 0) is 18.6 Å². The quantitative estimate of drug-likeness (QED) is 0.213. The van der Waals surface area contributed by atoms with Crippen molar-refractivity contribution in [2.75, 3.05) is 5.32 Å². The molecule has 2 aromatic carbocycles. The summed E-state index contributed by atoms with van der Waals surface area (Å²) in [6, 6.07) is 12.8. The summed E-state index contributed by atoms with van der Waals surface area (Å²) in [5.74, 6) is -0.453. The number of rotatable bonds is 8. The molecule has 0 saturated carbocycles. The van der Waals surface area contributed by atoms with Gasteiger partial charge in [0, 0.05) is 41.0 Å². The Morgan fingerprint density at radius 1 is 1.21 bits per heavy atom. The third-order valence-corrected chi connectivity index (χ3v) is 5.65. The first-order valence-corrected chi connectivity index (χ1v) is 11.1. The van der Waals surface area contributed by atoms with E-state index < -0.39 is 22.9 Å². The maximum Gasteiger partial charge on any atom is 0.338 e. The number of hydrogen-bond donors (Lipinski definition) is 2. The lowest BCUT2D eigenvalue weighted by Gasteiger charge is -2.15. The molecule has 2 heterocycles. The van der Waals surface area contributed by atoms with Crippen molar-refractivity contribution >= 4 is 34.0 Å². The number of thiazole rings is 1. The molecular weight excluding hydrogens is 458 g/mol. The van der Waals surface area contributed by atoms with E-state index in [1.807, 2.05) is 0 Å². The van der Waals surface area contributed by atoms with Gasteiger partial charge in [-0.25, -0.2) is 14.8 Å². The van der Waals surface area contributed by atoms with E-state index in [0.717, 1.165) is 5.56 Å². The second kappa shape index (κ2) is 10.0. The van der Waals surface area contributed by atoms with Gasteiger partial charge in [0.2, 0.25) is 0 Å². The molecule has 0 bridgehead atoms. The van der Waals surface area contributed by atoms with E-state index in [9.17, 15) is 19.7 Å². The zero-order valence-corrected chi connectivity index (χ0v) is 18.7. The number of H-pyrrole nitrogens is 1. The van der Waals surface area contributed by atoms with Gasteiger partial charge in [0.25, 0.3) is 11.6 Å². The van der Waals surface area contributed by atoms with E-state index in [1.54, 1.807) is 61.1 Å². The standard InChI is InChI=1S/C23H19N5O5S/c1-2-19(33-22(30)15-8-6-14(7-9-15)20-24-10-11-25-20)21(29)27-23-26-18(13-34-23)16-4-3-5-17(12-16)28(31)32/h3-13,19H,2H2,1H3,(H,24,25)(H,26,27,29). The molecule has 0 aliphatic carbocycles. The number of aromatic amines is 1. The van der Waals surface area contributed by atoms with Gasteiger partial charge in [-0.3, -0.25) is 20.2 Å². The topological polar surface area (TPSA) is 140 Å². The fourth-order valence-corrected chi connectivity index (χ4v) is 3.86. The predicted molar refractivity (Wildman–Crippen MR) is 126 cm³/mol. The Morgan fingerprint density at radius 3 is 2.68 bits per heavy atom. The Labute approximate surface area is 197 Å². The monoisotopic (exact) mass is 477 g/mol. The van der Waals surface area contributed by atoms with Gasteiger partial charge < -0.3 is 9.72 Å². The molecule has 172 valence electrons. The molecule has 4 rings (SSSR count). The molecule has 11 heteroatoms. The van der Waals surface area contributed by atoms with Crippen molar-refractivity contribution in [3.05, 3.63) is 82.0 Å². The zero-order chi connectivity index (χ0) is 24.1. The lowest BCUT2D eigenvalue weighted by atomic mass is 10.1. The molecule has 34 heavy (non-hydrogen) atoms. The Kier molecular flexibility index (Phi) is 6.74. The summed E-state index contributed by atoms with van der Waals surface area (Å²) in [5.41, 5.74) is 2.12. The van der Waals surface area contributed by atoms with Crippen LogP contribution >= 0.6 is 11.3 Å². The summed E-state index contributed by atoms with van der Waals surface area (Å²) >= 11 is 1.17. The molecular formula is C23H19N5O5S. The molecule has 0 fully saturated rings. The lowest BCUT2D eigenvalue weighted by molar-refractivity contribution is -0.384. The van der Waals surface area contributed by atoms with Crippen LogP contribution in [0, 0.1) is 10.1 Å². The van der Waals surface area contributed by atoms with E-state index in [1.165, 1.54) is 23.5 Å². The number of ether oxygens (including phenoxy) is 1. The minimum absolute atomic E-state index is 0.0498. The van der Waals surface area contributed by atoms with Gasteiger partial charge in [0.05, 0.1) is 16.2 Å². The van der Waals surface area contributed by atoms with Crippen molar-refractivity contribution in [1.82, 2.24) is 15.0 Å². The molecule has 1 amide bonds. The van der Waals surface area contributed by atoms with Crippen LogP contribution in [0.2, 0.25) is 0 Å². The Morgan fingerprint density at radius 2 is 2.00 bits per heavy atom. The van der Waals surface area contributed by atoms with Crippen LogP contribution in [0.15, 0.2) is 66.3 Å². The van der Waals surface area contributed by atoms with Gasteiger partial charge in [-0.2, -0.15) is 0 Å².